The maximum Gasteiger partial charge on any atom is 0.241 e. The average Bonchev–Trinajstić information content (AvgIpc) is 3.09. The summed E-state index contributed by atoms with van der Waals surface area (Å²) in [6, 6.07) is 9.38. The fraction of sp³-hybridized carbons (Fsp3) is 0.333. The minimum absolute atomic E-state index is 0.178. The van der Waals surface area contributed by atoms with Crippen LogP contribution in [0.3, 0.4) is 0 Å². The predicted octanol–water partition coefficient (Wildman–Crippen LogP) is 4.14. The molecule has 124 valence electrons. The molecule has 0 spiro atoms. The normalized spacial score (nSPS) is 14.4. The molecule has 2 heterocycles. The molecule has 0 aliphatic heterocycles. The van der Waals surface area contributed by atoms with E-state index >= 15 is 0 Å². The molecule has 3 aromatic rings. The van der Waals surface area contributed by atoms with Crippen molar-refractivity contribution in [2.75, 3.05) is 6.54 Å². The highest BCUT2D eigenvalue weighted by Crippen LogP contribution is 2.29. The Hall–Kier alpha value is -2.05. The summed E-state index contributed by atoms with van der Waals surface area (Å²) < 4.78 is 18.7. The molecule has 1 aromatic carbocycles. The Bertz CT molecular complexity index is 798. The molecule has 1 fully saturated rings. The number of hydrogen-bond acceptors (Lipinski definition) is 5. The fourth-order valence-corrected chi connectivity index (χ4v) is 3.43. The third-order valence-electron chi connectivity index (χ3n) is 4.23. The van der Waals surface area contributed by atoms with Gasteiger partial charge < -0.3 is 4.52 Å². The molecule has 6 heteroatoms. The summed E-state index contributed by atoms with van der Waals surface area (Å²) in [6.07, 6.45) is 3.23. The molecule has 0 radical (unpaired) electrons. The second-order valence-electron chi connectivity index (χ2n) is 6.11. The van der Waals surface area contributed by atoms with Gasteiger partial charge in [0, 0.05) is 23.5 Å². The lowest BCUT2D eigenvalue weighted by atomic mass is 10.1. The zero-order valence-electron chi connectivity index (χ0n) is 13.2. The first-order valence-corrected chi connectivity index (χ1v) is 9.06. The SMILES string of the molecule is Fc1cccc(CCN(Cc2nc(-c3ccsc3)no2)C2CC2)c1. The maximum absolute atomic E-state index is 13.3. The van der Waals surface area contributed by atoms with Crippen LogP contribution in [0.4, 0.5) is 4.39 Å². The van der Waals surface area contributed by atoms with Gasteiger partial charge in [-0.1, -0.05) is 17.3 Å². The molecular weight excluding hydrogens is 325 g/mol. The molecule has 0 atom stereocenters. The number of benzene rings is 1. The van der Waals surface area contributed by atoms with Crippen molar-refractivity contribution in [2.24, 2.45) is 0 Å². The van der Waals surface area contributed by atoms with Crippen LogP contribution in [0.5, 0.6) is 0 Å². The van der Waals surface area contributed by atoms with Crippen LogP contribution in [0.25, 0.3) is 11.4 Å². The Morgan fingerprint density at radius 1 is 1.29 bits per heavy atom. The first kappa shape index (κ1) is 15.5. The summed E-state index contributed by atoms with van der Waals surface area (Å²) in [5.41, 5.74) is 2.01. The van der Waals surface area contributed by atoms with Crippen LogP contribution in [0.1, 0.15) is 24.3 Å². The number of thiophene rings is 1. The van der Waals surface area contributed by atoms with E-state index in [9.17, 15) is 4.39 Å². The van der Waals surface area contributed by atoms with Gasteiger partial charge >= 0.3 is 0 Å². The molecule has 0 unspecified atom stereocenters. The van der Waals surface area contributed by atoms with Gasteiger partial charge in [0.05, 0.1) is 6.54 Å². The zero-order valence-corrected chi connectivity index (χ0v) is 14.0. The van der Waals surface area contributed by atoms with E-state index in [1.807, 2.05) is 22.9 Å². The molecule has 4 nitrogen and oxygen atoms in total. The van der Waals surface area contributed by atoms with Crippen LogP contribution in [0.2, 0.25) is 0 Å². The summed E-state index contributed by atoms with van der Waals surface area (Å²) in [5, 5.41) is 8.08. The molecule has 4 rings (SSSR count). The first-order valence-electron chi connectivity index (χ1n) is 8.11. The van der Waals surface area contributed by atoms with Crippen LogP contribution < -0.4 is 0 Å². The standard InChI is InChI=1S/C18H18FN3OS/c19-15-3-1-2-13(10-15)6-8-22(16-4-5-16)11-17-20-18(21-23-17)14-7-9-24-12-14/h1-3,7,9-10,12,16H,4-6,8,11H2. The lowest BCUT2D eigenvalue weighted by Gasteiger charge is -2.19. The lowest BCUT2D eigenvalue weighted by molar-refractivity contribution is 0.219. The lowest BCUT2D eigenvalue weighted by Crippen LogP contribution is -2.28. The topological polar surface area (TPSA) is 42.2 Å². The van der Waals surface area contributed by atoms with E-state index in [-0.39, 0.29) is 5.82 Å². The molecule has 0 amide bonds. The van der Waals surface area contributed by atoms with Crippen LogP contribution in [-0.2, 0) is 13.0 Å². The number of nitrogens with zero attached hydrogens (tertiary/aromatic N) is 3. The molecule has 1 saturated carbocycles. The van der Waals surface area contributed by atoms with E-state index in [1.54, 1.807) is 23.5 Å². The number of aromatic nitrogens is 2. The Morgan fingerprint density at radius 2 is 2.21 bits per heavy atom. The number of rotatable bonds is 7. The second kappa shape index (κ2) is 6.83. The van der Waals surface area contributed by atoms with E-state index < -0.39 is 0 Å². The van der Waals surface area contributed by atoms with Crippen molar-refractivity contribution >= 4 is 11.3 Å². The van der Waals surface area contributed by atoms with Crippen molar-refractivity contribution < 1.29 is 8.91 Å². The summed E-state index contributed by atoms with van der Waals surface area (Å²) in [6.45, 7) is 1.52. The highest BCUT2D eigenvalue weighted by molar-refractivity contribution is 7.08. The molecule has 1 aliphatic carbocycles. The maximum atomic E-state index is 13.3. The Kier molecular flexibility index (Phi) is 4.40. The average molecular weight is 343 g/mol. The highest BCUT2D eigenvalue weighted by atomic mass is 32.1. The monoisotopic (exact) mass is 343 g/mol. The summed E-state index contributed by atoms with van der Waals surface area (Å²) >= 11 is 1.62. The van der Waals surface area contributed by atoms with Crippen LogP contribution >= 0.6 is 11.3 Å². The summed E-state index contributed by atoms with van der Waals surface area (Å²) in [4.78, 5) is 6.86. The number of halogens is 1. The predicted molar refractivity (Wildman–Crippen MR) is 91.1 cm³/mol. The van der Waals surface area contributed by atoms with Crippen molar-refractivity contribution in [3.8, 4) is 11.4 Å². The van der Waals surface area contributed by atoms with Crippen molar-refractivity contribution in [3.63, 3.8) is 0 Å². The minimum atomic E-state index is -0.178. The number of hydrogen-bond donors (Lipinski definition) is 0. The van der Waals surface area contributed by atoms with Crippen molar-refractivity contribution in [1.29, 1.82) is 0 Å². The molecular formula is C18H18FN3OS. The smallest absolute Gasteiger partial charge is 0.241 e. The van der Waals surface area contributed by atoms with E-state index in [0.717, 1.165) is 24.1 Å². The van der Waals surface area contributed by atoms with Gasteiger partial charge in [0.1, 0.15) is 5.82 Å². The van der Waals surface area contributed by atoms with Crippen molar-refractivity contribution in [1.82, 2.24) is 15.0 Å². The van der Waals surface area contributed by atoms with Gasteiger partial charge in [0.15, 0.2) is 0 Å². The van der Waals surface area contributed by atoms with E-state index in [0.29, 0.717) is 24.3 Å². The van der Waals surface area contributed by atoms with E-state index in [2.05, 4.69) is 15.0 Å². The van der Waals surface area contributed by atoms with E-state index in [4.69, 9.17) is 4.52 Å². The third-order valence-corrected chi connectivity index (χ3v) is 4.91. The van der Waals surface area contributed by atoms with Gasteiger partial charge in [-0.3, -0.25) is 4.90 Å². The molecule has 0 bridgehead atoms. The van der Waals surface area contributed by atoms with Gasteiger partial charge in [-0.15, -0.1) is 0 Å². The molecule has 0 saturated heterocycles. The third kappa shape index (κ3) is 3.71. The quantitative estimate of drug-likeness (QED) is 0.646. The van der Waals surface area contributed by atoms with Gasteiger partial charge in [-0.05, 0) is 48.4 Å². The second-order valence-corrected chi connectivity index (χ2v) is 6.89. The highest BCUT2D eigenvalue weighted by Gasteiger charge is 2.30. The van der Waals surface area contributed by atoms with E-state index in [1.165, 1.54) is 18.9 Å². The Morgan fingerprint density at radius 3 is 2.96 bits per heavy atom. The van der Waals surface area contributed by atoms with Gasteiger partial charge in [-0.25, -0.2) is 4.39 Å². The first-order chi connectivity index (χ1) is 11.8. The molecule has 2 aromatic heterocycles. The summed E-state index contributed by atoms with van der Waals surface area (Å²) in [5.74, 6) is 1.11. The van der Waals surface area contributed by atoms with Gasteiger partial charge in [-0.2, -0.15) is 16.3 Å². The minimum Gasteiger partial charge on any atom is -0.338 e. The molecule has 0 N–H and O–H groups in total. The Balaban J connectivity index is 1.41. The fourth-order valence-electron chi connectivity index (χ4n) is 2.80. The van der Waals surface area contributed by atoms with Gasteiger partial charge in [0.25, 0.3) is 0 Å². The van der Waals surface area contributed by atoms with Crippen LogP contribution in [0.15, 0.2) is 45.6 Å². The summed E-state index contributed by atoms with van der Waals surface area (Å²) in [7, 11) is 0. The van der Waals surface area contributed by atoms with Gasteiger partial charge in [0.2, 0.25) is 11.7 Å². The van der Waals surface area contributed by atoms with Crippen LogP contribution in [-0.4, -0.2) is 27.6 Å². The molecule has 1 aliphatic rings. The van der Waals surface area contributed by atoms with Crippen LogP contribution in [0, 0.1) is 5.82 Å². The largest absolute Gasteiger partial charge is 0.338 e. The van der Waals surface area contributed by atoms with Crippen molar-refractivity contribution in [3.05, 3.63) is 58.4 Å². The Labute approximate surface area is 143 Å². The molecule has 24 heavy (non-hydrogen) atoms. The van der Waals surface area contributed by atoms with Crippen molar-refractivity contribution in [2.45, 2.75) is 31.8 Å². The zero-order chi connectivity index (χ0) is 16.4.